The van der Waals surface area contributed by atoms with Gasteiger partial charge in [0.05, 0.1) is 17.0 Å². The van der Waals surface area contributed by atoms with Gasteiger partial charge in [0.2, 0.25) is 10.0 Å². The Morgan fingerprint density at radius 2 is 1.56 bits per heavy atom. The summed E-state index contributed by atoms with van der Waals surface area (Å²) in [6.07, 6.45) is 0.446. The first-order chi connectivity index (χ1) is 15.4. The van der Waals surface area contributed by atoms with Gasteiger partial charge in [-0.15, -0.1) is 0 Å². The normalized spacial score (nSPS) is 19.1. The maximum atomic E-state index is 13.1. The molecule has 0 amide bonds. The lowest BCUT2D eigenvalue weighted by Crippen LogP contribution is -2.39. The molecule has 2 atom stereocenters. The molecule has 1 aliphatic carbocycles. The lowest BCUT2D eigenvalue weighted by Gasteiger charge is -2.32. The topological polar surface area (TPSA) is 66.4 Å². The van der Waals surface area contributed by atoms with Crippen LogP contribution in [0.25, 0.3) is 32.3 Å². The maximum absolute atomic E-state index is 13.1. The zero-order valence-corrected chi connectivity index (χ0v) is 18.5. The van der Waals surface area contributed by atoms with Crippen molar-refractivity contribution in [1.29, 1.82) is 0 Å². The second-order valence-electron chi connectivity index (χ2n) is 8.82. The Morgan fingerprint density at radius 1 is 0.875 bits per heavy atom. The van der Waals surface area contributed by atoms with Crippen molar-refractivity contribution in [2.45, 2.75) is 36.8 Å². The van der Waals surface area contributed by atoms with Gasteiger partial charge in [0.1, 0.15) is 0 Å². The minimum atomic E-state index is -3.78. The van der Waals surface area contributed by atoms with Crippen LogP contribution in [-0.4, -0.2) is 19.6 Å². The molecule has 5 aromatic rings. The van der Waals surface area contributed by atoms with E-state index in [-0.39, 0.29) is 4.90 Å². The molecule has 2 N–H and O–H groups in total. The minimum Gasteiger partial charge on any atom is -0.391 e. The van der Waals surface area contributed by atoms with Crippen molar-refractivity contribution in [3.63, 3.8) is 0 Å². The molecule has 160 valence electrons. The number of hydrogen-bond acceptors (Lipinski definition) is 3. The number of aliphatic hydroxyl groups excluding tert-OH is 1. The Bertz CT molecular complexity index is 1570. The fraction of sp³-hybridized carbons (Fsp3) is 0.185. The first-order valence-corrected chi connectivity index (χ1v) is 12.4. The summed E-state index contributed by atoms with van der Waals surface area (Å²) in [5.41, 5.74) is 2.99. The number of sulfonamides is 1. The van der Waals surface area contributed by atoms with Crippen LogP contribution in [0.15, 0.2) is 77.7 Å². The minimum absolute atomic E-state index is 0.208. The number of rotatable bonds is 3. The molecule has 0 aliphatic heterocycles. The van der Waals surface area contributed by atoms with E-state index in [4.69, 9.17) is 0 Å². The summed E-state index contributed by atoms with van der Waals surface area (Å²) in [7, 11) is -3.78. The van der Waals surface area contributed by atoms with E-state index >= 15 is 0 Å². The Balaban J connectivity index is 1.54. The first kappa shape index (κ1) is 19.7. The van der Waals surface area contributed by atoms with Crippen molar-refractivity contribution >= 4 is 42.3 Å². The van der Waals surface area contributed by atoms with Gasteiger partial charge < -0.3 is 5.11 Å². The molecular formula is C27H23NO3S. The summed E-state index contributed by atoms with van der Waals surface area (Å²) < 4.78 is 29.1. The molecule has 4 nitrogen and oxygen atoms in total. The highest BCUT2D eigenvalue weighted by Crippen LogP contribution is 2.42. The van der Waals surface area contributed by atoms with E-state index in [1.54, 1.807) is 24.3 Å². The summed E-state index contributed by atoms with van der Waals surface area (Å²) in [4.78, 5) is 0.208. The summed E-state index contributed by atoms with van der Waals surface area (Å²) >= 11 is 0. The fourth-order valence-corrected chi connectivity index (χ4v) is 6.46. The number of hydrogen-bond donors (Lipinski definition) is 2. The zero-order valence-electron chi connectivity index (χ0n) is 17.7. The zero-order chi connectivity index (χ0) is 22.0. The first-order valence-electron chi connectivity index (χ1n) is 10.9. The van der Waals surface area contributed by atoms with Crippen molar-refractivity contribution in [1.82, 2.24) is 4.72 Å². The smallest absolute Gasteiger partial charge is 0.241 e. The third kappa shape index (κ3) is 2.93. The van der Waals surface area contributed by atoms with Crippen LogP contribution in [0.4, 0.5) is 0 Å². The van der Waals surface area contributed by atoms with Gasteiger partial charge in [-0.1, -0.05) is 60.2 Å². The van der Waals surface area contributed by atoms with Crippen LogP contribution in [0, 0.1) is 6.92 Å². The van der Waals surface area contributed by atoms with Crippen LogP contribution in [0.2, 0.25) is 0 Å². The predicted octanol–water partition coefficient (Wildman–Crippen LogP) is 5.22. The van der Waals surface area contributed by atoms with Crippen LogP contribution in [0.3, 0.4) is 0 Å². The molecule has 0 radical (unpaired) electrons. The average molecular weight is 442 g/mol. The van der Waals surface area contributed by atoms with Crippen molar-refractivity contribution in [3.05, 3.63) is 89.5 Å². The molecule has 0 spiro atoms. The molecule has 1 aliphatic rings. The Kier molecular flexibility index (Phi) is 4.31. The van der Waals surface area contributed by atoms with Crippen molar-refractivity contribution in [2.75, 3.05) is 0 Å². The van der Waals surface area contributed by atoms with Gasteiger partial charge in [0.25, 0.3) is 0 Å². The van der Waals surface area contributed by atoms with Crippen LogP contribution >= 0.6 is 0 Å². The molecule has 2 unspecified atom stereocenters. The highest BCUT2D eigenvalue weighted by Gasteiger charge is 2.33. The number of aliphatic hydroxyl groups is 1. The van der Waals surface area contributed by atoms with Crippen LogP contribution in [-0.2, 0) is 16.4 Å². The summed E-state index contributed by atoms with van der Waals surface area (Å²) in [5, 5.41) is 17.9. The molecule has 0 saturated heterocycles. The van der Waals surface area contributed by atoms with Gasteiger partial charge in [-0.05, 0) is 81.4 Å². The van der Waals surface area contributed by atoms with E-state index in [0.717, 1.165) is 27.5 Å². The number of benzene rings is 5. The quantitative estimate of drug-likeness (QED) is 0.377. The molecule has 0 bridgehead atoms. The van der Waals surface area contributed by atoms with E-state index < -0.39 is 22.2 Å². The molecular weight excluding hydrogens is 418 g/mol. The average Bonchev–Trinajstić information content (AvgIpc) is 2.79. The Morgan fingerprint density at radius 3 is 2.31 bits per heavy atom. The fourth-order valence-electron chi connectivity index (χ4n) is 5.21. The molecule has 32 heavy (non-hydrogen) atoms. The van der Waals surface area contributed by atoms with Crippen LogP contribution in [0.1, 0.15) is 29.2 Å². The number of fused-ring (bicyclic) bond motifs is 2. The lowest BCUT2D eigenvalue weighted by molar-refractivity contribution is 0.121. The summed E-state index contributed by atoms with van der Waals surface area (Å²) in [5.74, 6) is 0. The van der Waals surface area contributed by atoms with Crippen molar-refractivity contribution < 1.29 is 13.5 Å². The van der Waals surface area contributed by atoms with E-state index in [2.05, 4.69) is 53.3 Å². The number of aryl methyl sites for hydroxylation is 2. The van der Waals surface area contributed by atoms with Gasteiger partial charge in [0, 0.05) is 0 Å². The molecule has 5 aromatic carbocycles. The molecule has 0 aromatic heterocycles. The lowest BCUT2D eigenvalue weighted by atomic mass is 9.80. The Labute approximate surface area is 186 Å². The maximum Gasteiger partial charge on any atom is 0.241 e. The van der Waals surface area contributed by atoms with Crippen molar-refractivity contribution in [3.8, 4) is 0 Å². The Hall–Kier alpha value is -2.99. The molecule has 6 rings (SSSR count). The van der Waals surface area contributed by atoms with Crippen LogP contribution in [0.5, 0.6) is 0 Å². The molecule has 0 saturated carbocycles. The standard InChI is InChI=1S/C27H23NO3S/c1-16-5-10-20(11-6-16)32(30,31)28-27-23-15-19-8-7-17-3-2-4-18-9-12-22(26(19)25(17)18)21(23)13-14-24(27)29/h2-12,15,24,27-29H,13-14H2,1H3. The van der Waals surface area contributed by atoms with Crippen LogP contribution < -0.4 is 4.72 Å². The van der Waals surface area contributed by atoms with Gasteiger partial charge >= 0.3 is 0 Å². The third-order valence-corrected chi connectivity index (χ3v) is 8.27. The highest BCUT2D eigenvalue weighted by molar-refractivity contribution is 7.89. The third-order valence-electron chi connectivity index (χ3n) is 6.82. The predicted molar refractivity (Wildman–Crippen MR) is 129 cm³/mol. The SMILES string of the molecule is Cc1ccc(S(=O)(=O)NC2c3cc4ccc5cccc6ccc(c3CCC2O)c4c56)cc1. The molecule has 0 heterocycles. The second-order valence-corrected chi connectivity index (χ2v) is 10.5. The summed E-state index contributed by atoms with van der Waals surface area (Å²) in [6.45, 7) is 1.92. The van der Waals surface area contributed by atoms with Gasteiger partial charge in [0.15, 0.2) is 0 Å². The van der Waals surface area contributed by atoms with E-state index in [9.17, 15) is 13.5 Å². The largest absolute Gasteiger partial charge is 0.391 e. The van der Waals surface area contributed by atoms with Gasteiger partial charge in [-0.25, -0.2) is 13.1 Å². The molecule has 5 heteroatoms. The van der Waals surface area contributed by atoms with E-state index in [0.29, 0.717) is 12.8 Å². The van der Waals surface area contributed by atoms with Crippen molar-refractivity contribution in [2.24, 2.45) is 0 Å². The molecule has 0 fully saturated rings. The van der Waals surface area contributed by atoms with Gasteiger partial charge in [-0.3, -0.25) is 0 Å². The van der Waals surface area contributed by atoms with Gasteiger partial charge in [-0.2, -0.15) is 0 Å². The summed E-state index contributed by atoms with van der Waals surface area (Å²) in [6, 6.07) is 23.0. The second kappa shape index (κ2) is 7.01. The van der Waals surface area contributed by atoms with E-state index in [1.807, 2.05) is 6.92 Å². The van der Waals surface area contributed by atoms with E-state index in [1.165, 1.54) is 21.5 Å². The highest BCUT2D eigenvalue weighted by atomic mass is 32.2. The number of nitrogens with one attached hydrogen (secondary N) is 1. The monoisotopic (exact) mass is 441 g/mol.